The van der Waals surface area contributed by atoms with E-state index >= 15 is 0 Å². The first-order valence-electron chi connectivity index (χ1n) is 12.1. The van der Waals surface area contributed by atoms with Gasteiger partial charge in [0.25, 0.3) is 0 Å². The zero-order chi connectivity index (χ0) is 24.4. The van der Waals surface area contributed by atoms with Crippen LogP contribution in [0.2, 0.25) is 0 Å². The maximum Gasteiger partial charge on any atom is 0.227 e. The lowest BCUT2D eigenvalue weighted by molar-refractivity contribution is -0.122. The number of nitrogens with one attached hydrogen (secondary N) is 3. The maximum atomic E-state index is 12.2. The number of H-pyrrole nitrogens is 1. The Bertz CT molecular complexity index is 1180. The number of likely N-dealkylation sites (N-methyl/N-ethyl adjacent to an activating group) is 1. The summed E-state index contributed by atoms with van der Waals surface area (Å²) in [4.78, 5) is 27.7. The summed E-state index contributed by atoms with van der Waals surface area (Å²) in [5.74, 6) is 2.74. The van der Waals surface area contributed by atoms with Gasteiger partial charge in [0, 0.05) is 60.0 Å². The number of hydrogen-bond acceptors (Lipinski definition) is 8. The Morgan fingerprint density at radius 1 is 1.09 bits per heavy atom. The van der Waals surface area contributed by atoms with Crippen molar-refractivity contribution in [1.82, 2.24) is 25.1 Å². The minimum Gasteiger partial charge on any atom is -0.354 e. The van der Waals surface area contributed by atoms with Crippen LogP contribution in [0.25, 0.3) is 0 Å². The van der Waals surface area contributed by atoms with Gasteiger partial charge in [0.2, 0.25) is 5.91 Å². The molecule has 2 fully saturated rings. The number of amides is 1. The number of rotatable bonds is 7. The van der Waals surface area contributed by atoms with Gasteiger partial charge in [0.05, 0.1) is 0 Å². The molecule has 0 spiro atoms. The highest BCUT2D eigenvalue weighted by Crippen LogP contribution is 2.33. The van der Waals surface area contributed by atoms with E-state index in [1.807, 2.05) is 37.3 Å². The van der Waals surface area contributed by atoms with Crippen molar-refractivity contribution in [3.05, 3.63) is 41.6 Å². The van der Waals surface area contributed by atoms with E-state index in [-0.39, 0.29) is 11.8 Å². The first-order valence-corrected chi connectivity index (χ1v) is 13.0. The van der Waals surface area contributed by atoms with Gasteiger partial charge in [-0.25, -0.2) is 9.97 Å². The molecular weight excluding hydrogens is 460 g/mol. The van der Waals surface area contributed by atoms with Gasteiger partial charge in [0.15, 0.2) is 11.0 Å². The summed E-state index contributed by atoms with van der Waals surface area (Å²) in [5, 5.41) is 14.4. The molecule has 2 aliphatic rings. The molecule has 10 heteroatoms. The molecule has 0 bridgehead atoms. The number of nitrogens with zero attached hydrogens (tertiary/aromatic N) is 5. The summed E-state index contributed by atoms with van der Waals surface area (Å²) in [6.07, 6.45) is 3.14. The number of benzene rings is 1. The lowest BCUT2D eigenvalue weighted by Gasteiger charge is -2.34. The molecule has 3 aromatic rings. The molecule has 0 radical (unpaired) electrons. The highest BCUT2D eigenvalue weighted by molar-refractivity contribution is 7.99. The average molecular weight is 493 g/mol. The second kappa shape index (κ2) is 10.2. The van der Waals surface area contributed by atoms with Crippen LogP contribution in [0.1, 0.15) is 30.5 Å². The average Bonchev–Trinajstić information content (AvgIpc) is 3.21. The Morgan fingerprint density at radius 3 is 2.46 bits per heavy atom. The SMILES string of the molecule is Cc1cc(Nc2nc(Sc3ccc(NC(=O)C4CCC4)cc3)nc(N3CCN(C)CC3)c2C)n[nH]1. The fraction of sp³-hybridized carbons (Fsp3) is 0.440. The zero-order valence-corrected chi connectivity index (χ0v) is 21.3. The van der Waals surface area contributed by atoms with Gasteiger partial charge in [-0.15, -0.1) is 0 Å². The Balaban J connectivity index is 1.37. The van der Waals surface area contributed by atoms with E-state index in [1.54, 1.807) is 0 Å². The van der Waals surface area contributed by atoms with Crippen LogP contribution >= 0.6 is 11.8 Å². The molecule has 3 N–H and O–H groups in total. The van der Waals surface area contributed by atoms with Crippen molar-refractivity contribution in [1.29, 1.82) is 0 Å². The Labute approximate surface area is 210 Å². The standard InChI is InChI=1S/C25H32N8OS/c1-16-15-21(31-30-16)27-22-17(2)23(33-13-11-32(3)12-14-33)29-25(28-22)35-20-9-7-19(8-10-20)26-24(34)18-5-4-6-18/h7-10,15,18H,4-6,11-14H2,1-3H3,(H,26,34)(H2,27,28,29,30,31). The Hall–Kier alpha value is -3.11. The van der Waals surface area contributed by atoms with Crippen LogP contribution in [0.15, 0.2) is 40.4 Å². The Kier molecular flexibility index (Phi) is 6.92. The van der Waals surface area contributed by atoms with Crippen LogP contribution in [0.3, 0.4) is 0 Å². The highest BCUT2D eigenvalue weighted by atomic mass is 32.2. The van der Waals surface area contributed by atoms with Gasteiger partial charge in [-0.1, -0.05) is 6.42 Å². The van der Waals surface area contributed by atoms with Gasteiger partial charge >= 0.3 is 0 Å². The number of carbonyl (C=O) groups is 1. The van der Waals surface area contributed by atoms with E-state index in [0.29, 0.717) is 5.16 Å². The fourth-order valence-corrected chi connectivity index (χ4v) is 4.96. The van der Waals surface area contributed by atoms with Crippen molar-refractivity contribution in [2.24, 2.45) is 5.92 Å². The zero-order valence-electron chi connectivity index (χ0n) is 20.5. The molecule has 0 unspecified atom stereocenters. The van der Waals surface area contributed by atoms with Crippen LogP contribution in [0.5, 0.6) is 0 Å². The number of aromatic amines is 1. The minimum atomic E-state index is 0.125. The molecular formula is C25H32N8OS. The molecule has 184 valence electrons. The van der Waals surface area contributed by atoms with Crippen molar-refractivity contribution < 1.29 is 4.79 Å². The van der Waals surface area contributed by atoms with Gasteiger partial charge < -0.3 is 20.4 Å². The molecule has 3 heterocycles. The van der Waals surface area contributed by atoms with Crippen molar-refractivity contribution in [3.8, 4) is 0 Å². The molecule has 1 aliphatic heterocycles. The van der Waals surface area contributed by atoms with Crippen LogP contribution < -0.4 is 15.5 Å². The third-order valence-corrected chi connectivity index (χ3v) is 7.53. The van der Waals surface area contributed by atoms with E-state index in [0.717, 1.165) is 84.7 Å². The Morgan fingerprint density at radius 2 is 1.83 bits per heavy atom. The molecule has 2 aromatic heterocycles. The summed E-state index contributed by atoms with van der Waals surface area (Å²) in [5.41, 5.74) is 2.82. The molecule has 35 heavy (non-hydrogen) atoms. The summed E-state index contributed by atoms with van der Waals surface area (Å²) < 4.78 is 0. The van der Waals surface area contributed by atoms with E-state index in [9.17, 15) is 4.79 Å². The number of anilines is 4. The highest BCUT2D eigenvalue weighted by Gasteiger charge is 2.25. The smallest absolute Gasteiger partial charge is 0.227 e. The van der Waals surface area contributed by atoms with Crippen LogP contribution in [0.4, 0.5) is 23.1 Å². The molecule has 1 saturated carbocycles. The second-order valence-electron chi connectivity index (χ2n) is 9.40. The topological polar surface area (TPSA) is 102 Å². The van der Waals surface area contributed by atoms with Crippen molar-refractivity contribution >= 4 is 40.8 Å². The van der Waals surface area contributed by atoms with Gasteiger partial charge in [-0.05, 0) is 69.8 Å². The summed E-state index contributed by atoms with van der Waals surface area (Å²) in [6.45, 7) is 7.88. The quantitative estimate of drug-likeness (QED) is 0.422. The lowest BCUT2D eigenvalue weighted by atomic mass is 9.85. The first kappa shape index (κ1) is 23.6. The molecule has 1 saturated heterocycles. The van der Waals surface area contributed by atoms with Crippen molar-refractivity contribution in [3.63, 3.8) is 0 Å². The number of aryl methyl sites for hydroxylation is 1. The number of hydrogen-bond donors (Lipinski definition) is 3. The van der Waals surface area contributed by atoms with E-state index in [2.05, 4.69) is 44.6 Å². The monoisotopic (exact) mass is 492 g/mol. The fourth-order valence-electron chi connectivity index (χ4n) is 4.21. The molecule has 9 nitrogen and oxygen atoms in total. The first-order chi connectivity index (χ1) is 16.9. The normalized spacial score (nSPS) is 16.7. The summed E-state index contributed by atoms with van der Waals surface area (Å²) in [7, 11) is 2.15. The molecule has 0 atom stereocenters. The predicted molar refractivity (Wildman–Crippen MR) is 140 cm³/mol. The number of aromatic nitrogens is 4. The lowest BCUT2D eigenvalue weighted by Crippen LogP contribution is -2.45. The van der Waals surface area contributed by atoms with E-state index in [1.165, 1.54) is 11.8 Å². The molecule has 1 aromatic carbocycles. The van der Waals surface area contributed by atoms with E-state index in [4.69, 9.17) is 9.97 Å². The van der Waals surface area contributed by atoms with Crippen molar-refractivity contribution in [2.75, 3.05) is 48.8 Å². The molecule has 1 aliphatic carbocycles. The summed E-state index contributed by atoms with van der Waals surface area (Å²) >= 11 is 1.51. The predicted octanol–water partition coefficient (Wildman–Crippen LogP) is 4.20. The number of carbonyl (C=O) groups excluding carboxylic acids is 1. The number of piperazine rings is 1. The van der Waals surface area contributed by atoms with Crippen LogP contribution in [0, 0.1) is 19.8 Å². The minimum absolute atomic E-state index is 0.125. The van der Waals surface area contributed by atoms with Gasteiger partial charge in [-0.3, -0.25) is 9.89 Å². The van der Waals surface area contributed by atoms with E-state index < -0.39 is 0 Å². The van der Waals surface area contributed by atoms with Crippen molar-refractivity contribution in [2.45, 2.75) is 43.2 Å². The third kappa shape index (κ3) is 5.59. The van der Waals surface area contributed by atoms with Gasteiger partial charge in [0.1, 0.15) is 11.6 Å². The molecule has 1 amide bonds. The molecule has 5 rings (SSSR count). The summed E-state index contributed by atoms with van der Waals surface area (Å²) in [6, 6.07) is 9.86. The van der Waals surface area contributed by atoms with Crippen LogP contribution in [-0.4, -0.2) is 64.2 Å². The van der Waals surface area contributed by atoms with Crippen LogP contribution in [-0.2, 0) is 4.79 Å². The maximum absolute atomic E-state index is 12.2. The largest absolute Gasteiger partial charge is 0.354 e. The second-order valence-corrected chi connectivity index (χ2v) is 10.4. The third-order valence-electron chi connectivity index (χ3n) is 6.66. The van der Waals surface area contributed by atoms with Gasteiger partial charge in [-0.2, -0.15) is 5.10 Å².